The zero-order valence-electron chi connectivity index (χ0n) is 41.7. The lowest BCUT2D eigenvalue weighted by Gasteiger charge is -2.25. The van der Waals surface area contributed by atoms with Crippen LogP contribution in [-0.4, -0.2) is 197 Å². The number of ether oxygens (including phenoxy) is 10. The Morgan fingerprint density at radius 1 is 0.462 bits per heavy atom. The maximum atomic E-state index is 11.3. The van der Waals surface area contributed by atoms with E-state index in [-0.39, 0.29) is 215 Å². The second-order valence-corrected chi connectivity index (χ2v) is 14.7. The normalized spacial score (nSPS) is 13.0. The van der Waals surface area contributed by atoms with Gasteiger partial charge in [-0.1, -0.05) is 180 Å². The number of aliphatic hydroxyl groups is 2. The van der Waals surface area contributed by atoms with Gasteiger partial charge >= 0.3 is 41.8 Å². The molecule has 2 unspecified atom stereocenters. The van der Waals surface area contributed by atoms with Crippen LogP contribution in [0.2, 0.25) is 0 Å². The van der Waals surface area contributed by atoms with Gasteiger partial charge in [-0.3, -0.25) is 19.3 Å². The fraction of sp³-hybridized carbons (Fsp3) is 0.672. The quantitative estimate of drug-likeness (QED) is 0.0495. The Labute approximate surface area is 558 Å². The highest BCUT2D eigenvalue weighted by molar-refractivity contribution is 6.00. The van der Waals surface area contributed by atoms with Crippen molar-refractivity contribution in [1.29, 1.82) is 0 Å². The van der Waals surface area contributed by atoms with Crippen LogP contribution in [-0.2, 0) is 95.3 Å². The van der Waals surface area contributed by atoms with Crippen LogP contribution in [0.15, 0.2) is 75.4 Å². The summed E-state index contributed by atoms with van der Waals surface area (Å²) in [5, 5.41) is 16.4. The number of aliphatic hydroxyl groups excluding tert-OH is 2. The molecule has 4 fully saturated rings. The monoisotopic (exact) mass is 1330 g/mol. The molecule has 24 heteroatoms. The molecular formula is C67H144N2O22. The smallest absolute Gasteiger partial charge is 0.344 e. The van der Waals surface area contributed by atoms with Gasteiger partial charge in [-0.25, -0.2) is 33.6 Å². The minimum Gasteiger partial charge on any atom is -0.460 e. The molecule has 4 aliphatic heterocycles. The van der Waals surface area contributed by atoms with Crippen LogP contribution in [0.4, 0.5) is 0 Å². The summed E-state index contributed by atoms with van der Waals surface area (Å²) >= 11 is 0. The lowest BCUT2D eigenvalue weighted by molar-refractivity contribution is -0.158. The molecule has 0 aromatic heterocycles. The number of hydrogen-bond acceptors (Lipinski definition) is 22. The van der Waals surface area contributed by atoms with Crippen molar-refractivity contribution in [3.05, 3.63) is 75.4 Å². The average molecular weight is 1330 g/mol. The molecule has 4 rings (SSSR count). The summed E-state index contributed by atoms with van der Waals surface area (Å²) in [5.41, 5.74) is 0.286. The van der Waals surface area contributed by atoms with Crippen LogP contribution in [0, 0.1) is 0 Å². The van der Waals surface area contributed by atoms with E-state index < -0.39 is 49.0 Å². The van der Waals surface area contributed by atoms with Crippen molar-refractivity contribution >= 4 is 59.5 Å². The number of amides is 3. The van der Waals surface area contributed by atoms with Gasteiger partial charge in [-0.05, 0) is 57.6 Å². The van der Waals surface area contributed by atoms with Crippen molar-refractivity contribution in [3.63, 3.8) is 0 Å². The first-order valence-electron chi connectivity index (χ1n) is 23.0. The molecule has 0 aliphatic carbocycles. The summed E-state index contributed by atoms with van der Waals surface area (Å²) < 4.78 is 47.6. The predicted molar refractivity (Wildman–Crippen MR) is 378 cm³/mol. The van der Waals surface area contributed by atoms with Crippen molar-refractivity contribution in [2.45, 2.75) is 204 Å². The number of carbonyl (C=O) groups excluding carboxylic acids is 10. The molecule has 4 aliphatic rings. The van der Waals surface area contributed by atoms with E-state index in [2.05, 4.69) is 63.2 Å². The van der Waals surface area contributed by atoms with Crippen molar-refractivity contribution < 1.29 is 106 Å². The first-order valence-corrected chi connectivity index (χ1v) is 23.0. The fourth-order valence-electron chi connectivity index (χ4n) is 5.30. The molecule has 24 nitrogen and oxygen atoms in total. The summed E-state index contributed by atoms with van der Waals surface area (Å²) in [7, 11) is 0. The van der Waals surface area contributed by atoms with Crippen molar-refractivity contribution in [2.24, 2.45) is 0 Å². The second-order valence-electron chi connectivity index (χ2n) is 14.7. The number of hydrogen-bond donors (Lipinski definition) is 2. The molecule has 554 valence electrons. The standard InChI is InChI=1S/C10H14O5.C9H13NO2.C8H12O5.C8H12O3.C7H11NO2.C7H10O5.18CH4/c1-2-9(11)15-7-10(12)14-6-8-4-3-5-13-8;1-2-8(11)10-7-5-3-4-6-9(10)12;1-6(2)8(11)13-4-3-12-7(10)5-9;1-2-8(9)11-6-7-4-3-5-10-7;1-2-7(9)8-3-5-10-6-4-8;1-2-6(9)11-3-4-12-7(10)5-8;;;;;;;;;;;;;;;;;;/h2,8H,1,3-7H2;2H,1,3-7H2;9H,1,3-5H2,2H3;2,7H,1,3-6H2;2H,1,3-6H2;2,8H,1,3-5H2;18*1H4. The van der Waals surface area contributed by atoms with Crippen LogP contribution in [0.3, 0.4) is 0 Å². The summed E-state index contributed by atoms with van der Waals surface area (Å²) in [4.78, 5) is 110. The first kappa shape index (κ1) is 141. The predicted octanol–water partition coefficient (Wildman–Crippen LogP) is 12.8. The summed E-state index contributed by atoms with van der Waals surface area (Å²) in [6.45, 7) is 24.8. The summed E-state index contributed by atoms with van der Waals surface area (Å²) in [6.07, 6.45) is 13.1. The molecule has 3 amide bonds. The topological polar surface area (TPSA) is 310 Å². The molecule has 0 spiro atoms. The van der Waals surface area contributed by atoms with E-state index in [0.29, 0.717) is 52.5 Å². The molecule has 91 heavy (non-hydrogen) atoms. The number of imide groups is 1. The lowest BCUT2D eigenvalue weighted by Crippen LogP contribution is -2.39. The molecule has 4 heterocycles. The van der Waals surface area contributed by atoms with Gasteiger partial charge < -0.3 is 62.5 Å². The Kier molecular flexibility index (Phi) is 146. The van der Waals surface area contributed by atoms with E-state index in [9.17, 15) is 47.9 Å². The van der Waals surface area contributed by atoms with Crippen molar-refractivity contribution in [3.8, 4) is 0 Å². The maximum Gasteiger partial charge on any atom is 0.344 e. The van der Waals surface area contributed by atoms with Crippen molar-refractivity contribution in [2.75, 3.05) is 106 Å². The van der Waals surface area contributed by atoms with E-state index in [1.807, 2.05) is 0 Å². The van der Waals surface area contributed by atoms with Gasteiger partial charge in [0.1, 0.15) is 52.9 Å². The maximum absolute atomic E-state index is 11.3. The van der Waals surface area contributed by atoms with Gasteiger partial charge in [0.15, 0.2) is 6.61 Å². The molecule has 4 saturated heterocycles. The Morgan fingerprint density at radius 2 is 0.846 bits per heavy atom. The van der Waals surface area contributed by atoms with E-state index in [1.54, 1.807) is 4.90 Å². The van der Waals surface area contributed by atoms with Crippen LogP contribution < -0.4 is 0 Å². The molecule has 0 aromatic rings. The number of esters is 7. The zero-order valence-corrected chi connectivity index (χ0v) is 41.7. The third-order valence-corrected chi connectivity index (χ3v) is 9.01. The van der Waals surface area contributed by atoms with Crippen LogP contribution in [0.5, 0.6) is 0 Å². The van der Waals surface area contributed by atoms with E-state index in [0.717, 1.165) is 69.8 Å². The second kappa shape index (κ2) is 94.3. The van der Waals surface area contributed by atoms with Gasteiger partial charge in [0.25, 0.3) is 5.91 Å². The number of nitrogens with zero attached hydrogens (tertiary/aromatic N) is 2. The summed E-state index contributed by atoms with van der Waals surface area (Å²) in [6, 6.07) is 0. The Morgan fingerprint density at radius 3 is 1.22 bits per heavy atom. The third-order valence-electron chi connectivity index (χ3n) is 9.01. The number of morpholine rings is 1. The first-order chi connectivity index (χ1) is 34.9. The SMILES string of the molecule is C.C.C.C.C.C.C.C.C.C.C.C.C.C.C.C.C.C.C=C(C)C(=O)OCCOC(=O)CO.C=CC(=O)N1CCCCCC1=O.C=CC(=O)N1CCOCC1.C=CC(=O)OCC(=O)OCC1CCCO1.C=CC(=O)OCC1CCCO1.C=CC(=O)OCCOC(=O)CO. The highest BCUT2D eigenvalue weighted by Gasteiger charge is 2.21. The number of likely N-dealkylation sites (tertiary alicyclic amines) is 1. The summed E-state index contributed by atoms with van der Waals surface area (Å²) in [5.74, 6) is -4.49. The molecular weight excluding hydrogens is 1180 g/mol. The largest absolute Gasteiger partial charge is 0.460 e. The fourth-order valence-corrected chi connectivity index (χ4v) is 5.30. The van der Waals surface area contributed by atoms with Crippen molar-refractivity contribution in [1.82, 2.24) is 9.80 Å². The number of carbonyl (C=O) groups is 10. The zero-order chi connectivity index (χ0) is 55.2. The molecule has 2 atom stereocenters. The minimum atomic E-state index is -0.746. The van der Waals surface area contributed by atoms with E-state index in [1.165, 1.54) is 24.0 Å². The van der Waals surface area contributed by atoms with Crippen LogP contribution in [0.1, 0.15) is 192 Å². The molecule has 0 bridgehead atoms. The van der Waals surface area contributed by atoms with Gasteiger partial charge in [-0.15, -0.1) is 0 Å². The molecule has 2 N–H and O–H groups in total. The molecule has 0 aromatic carbocycles. The Bertz CT molecular complexity index is 1790. The minimum absolute atomic E-state index is 0. The Hall–Kier alpha value is -6.86. The van der Waals surface area contributed by atoms with Crippen LogP contribution in [0.25, 0.3) is 0 Å². The lowest BCUT2D eigenvalue weighted by atomic mass is 10.2. The van der Waals surface area contributed by atoms with E-state index >= 15 is 0 Å². The van der Waals surface area contributed by atoms with Gasteiger partial charge in [0.05, 0.1) is 25.4 Å². The van der Waals surface area contributed by atoms with Gasteiger partial charge in [-0.2, -0.15) is 0 Å². The number of rotatable bonds is 20. The highest BCUT2D eigenvalue weighted by atomic mass is 16.6. The third kappa shape index (κ3) is 81.1. The van der Waals surface area contributed by atoms with Crippen LogP contribution >= 0.6 is 0 Å². The van der Waals surface area contributed by atoms with E-state index in [4.69, 9.17) is 33.9 Å². The Balaban J connectivity index is -0.0000000356. The highest BCUT2D eigenvalue weighted by Crippen LogP contribution is 2.13. The van der Waals surface area contributed by atoms with Gasteiger partial charge in [0, 0.05) is 63.1 Å². The molecule has 0 saturated carbocycles. The van der Waals surface area contributed by atoms with Gasteiger partial charge in [0.2, 0.25) is 11.8 Å². The average Bonchev–Trinajstić information content (AvgIpc) is 4.11. The molecule has 0 radical (unpaired) electrons.